The predicted molar refractivity (Wildman–Crippen MR) is 109 cm³/mol. The number of piperidine rings is 1. The summed E-state index contributed by atoms with van der Waals surface area (Å²) >= 11 is 0. The zero-order valence-electron chi connectivity index (χ0n) is 16.7. The molecule has 2 aliphatic rings. The van der Waals surface area contributed by atoms with E-state index in [1.54, 1.807) is 0 Å². The van der Waals surface area contributed by atoms with Crippen LogP contribution in [-0.4, -0.2) is 63.4 Å². The third kappa shape index (κ3) is 4.79. The summed E-state index contributed by atoms with van der Waals surface area (Å²) in [7, 11) is 0. The molecular weight excluding hydrogens is 350 g/mol. The molecule has 1 aromatic carbocycles. The van der Waals surface area contributed by atoms with E-state index in [0.29, 0.717) is 11.6 Å². The van der Waals surface area contributed by atoms with Crippen molar-refractivity contribution >= 4 is 5.91 Å². The van der Waals surface area contributed by atoms with Crippen LogP contribution in [0.5, 0.6) is 0 Å². The molecule has 0 spiro atoms. The second-order valence-corrected chi connectivity index (χ2v) is 8.10. The van der Waals surface area contributed by atoms with Gasteiger partial charge in [0.05, 0.1) is 12.7 Å². The largest absolute Gasteiger partial charge is 0.337 e. The third-order valence-electron chi connectivity index (χ3n) is 6.14. The van der Waals surface area contributed by atoms with Crippen LogP contribution in [0.3, 0.4) is 0 Å². The zero-order chi connectivity index (χ0) is 19.2. The van der Waals surface area contributed by atoms with Gasteiger partial charge in [0.2, 0.25) is 0 Å². The Labute approximate surface area is 167 Å². The van der Waals surface area contributed by atoms with Gasteiger partial charge >= 0.3 is 0 Å². The Morgan fingerprint density at radius 3 is 2.57 bits per heavy atom. The summed E-state index contributed by atoms with van der Waals surface area (Å²) in [5.74, 6) is 0.567. The lowest BCUT2D eigenvalue weighted by molar-refractivity contribution is 0.0755. The Morgan fingerprint density at radius 2 is 1.75 bits per heavy atom. The lowest BCUT2D eigenvalue weighted by Crippen LogP contribution is -2.33. The van der Waals surface area contributed by atoms with Crippen molar-refractivity contribution in [3.05, 3.63) is 47.8 Å². The first kappa shape index (κ1) is 19.1. The van der Waals surface area contributed by atoms with Gasteiger partial charge < -0.3 is 9.80 Å². The fraction of sp³-hybridized carbons (Fsp3) is 0.591. The molecule has 2 aromatic rings. The summed E-state index contributed by atoms with van der Waals surface area (Å²) in [6, 6.07) is 10.7. The molecule has 1 atom stereocenters. The minimum atomic E-state index is 0.0259. The SMILES string of the molecule is O=C(c1cn(CCN2CCCCC2)nn1)N1CCC[C@H](c2ccccc2)CC1. The molecule has 2 fully saturated rings. The molecule has 0 aliphatic carbocycles. The van der Waals surface area contributed by atoms with Crippen LogP contribution in [0.1, 0.15) is 60.5 Å². The number of benzene rings is 1. The summed E-state index contributed by atoms with van der Waals surface area (Å²) in [6.45, 7) is 5.74. The lowest BCUT2D eigenvalue weighted by atomic mass is 9.92. The van der Waals surface area contributed by atoms with Crippen molar-refractivity contribution in [2.75, 3.05) is 32.7 Å². The number of likely N-dealkylation sites (tertiary alicyclic amines) is 2. The molecule has 0 unspecified atom stereocenters. The molecule has 28 heavy (non-hydrogen) atoms. The average Bonchev–Trinajstić information content (AvgIpc) is 3.09. The fourth-order valence-electron chi connectivity index (χ4n) is 4.45. The molecule has 0 N–H and O–H groups in total. The van der Waals surface area contributed by atoms with Gasteiger partial charge in [0.1, 0.15) is 0 Å². The van der Waals surface area contributed by atoms with Gasteiger partial charge in [-0.3, -0.25) is 9.48 Å². The van der Waals surface area contributed by atoms with Gasteiger partial charge in [-0.25, -0.2) is 0 Å². The van der Waals surface area contributed by atoms with Gasteiger partial charge in [-0.05, 0) is 56.7 Å². The lowest BCUT2D eigenvalue weighted by Gasteiger charge is -2.25. The van der Waals surface area contributed by atoms with Crippen molar-refractivity contribution in [2.45, 2.75) is 51.0 Å². The number of rotatable bonds is 5. The normalized spacial score (nSPS) is 21.4. The minimum Gasteiger partial charge on any atom is -0.337 e. The molecule has 1 amide bonds. The molecule has 1 aromatic heterocycles. The van der Waals surface area contributed by atoms with E-state index in [9.17, 15) is 4.79 Å². The topological polar surface area (TPSA) is 54.3 Å². The molecule has 0 bridgehead atoms. The Bertz CT molecular complexity index is 753. The maximum Gasteiger partial charge on any atom is 0.276 e. The summed E-state index contributed by atoms with van der Waals surface area (Å²) < 4.78 is 1.83. The van der Waals surface area contributed by atoms with Gasteiger partial charge in [-0.15, -0.1) is 5.10 Å². The van der Waals surface area contributed by atoms with Crippen LogP contribution < -0.4 is 0 Å². The molecule has 0 radical (unpaired) electrons. The van der Waals surface area contributed by atoms with E-state index >= 15 is 0 Å². The van der Waals surface area contributed by atoms with E-state index in [-0.39, 0.29) is 5.91 Å². The molecule has 0 saturated carbocycles. The highest BCUT2D eigenvalue weighted by atomic mass is 16.2. The van der Waals surface area contributed by atoms with Crippen LogP contribution in [0.2, 0.25) is 0 Å². The van der Waals surface area contributed by atoms with Gasteiger partial charge in [-0.2, -0.15) is 0 Å². The molecule has 150 valence electrons. The monoisotopic (exact) mass is 381 g/mol. The summed E-state index contributed by atoms with van der Waals surface area (Å²) in [6.07, 6.45) is 8.94. The van der Waals surface area contributed by atoms with Crippen molar-refractivity contribution in [1.82, 2.24) is 24.8 Å². The summed E-state index contributed by atoms with van der Waals surface area (Å²) in [4.78, 5) is 17.4. The van der Waals surface area contributed by atoms with Gasteiger partial charge in [0.25, 0.3) is 5.91 Å². The van der Waals surface area contributed by atoms with Gasteiger partial charge in [0.15, 0.2) is 5.69 Å². The minimum absolute atomic E-state index is 0.0259. The Morgan fingerprint density at radius 1 is 0.929 bits per heavy atom. The van der Waals surface area contributed by atoms with E-state index in [2.05, 4.69) is 45.5 Å². The maximum absolute atomic E-state index is 12.9. The van der Waals surface area contributed by atoms with E-state index in [1.807, 2.05) is 15.8 Å². The first-order valence-electron chi connectivity index (χ1n) is 10.8. The number of hydrogen-bond acceptors (Lipinski definition) is 4. The van der Waals surface area contributed by atoms with E-state index in [1.165, 1.54) is 37.9 Å². The van der Waals surface area contributed by atoms with Crippen molar-refractivity contribution in [3.63, 3.8) is 0 Å². The van der Waals surface area contributed by atoms with Crippen molar-refractivity contribution < 1.29 is 4.79 Å². The highest BCUT2D eigenvalue weighted by Crippen LogP contribution is 2.28. The average molecular weight is 382 g/mol. The fourth-order valence-corrected chi connectivity index (χ4v) is 4.45. The summed E-state index contributed by atoms with van der Waals surface area (Å²) in [5, 5.41) is 8.36. The van der Waals surface area contributed by atoms with Crippen LogP contribution >= 0.6 is 0 Å². The molecular formula is C22H31N5O. The van der Waals surface area contributed by atoms with Gasteiger partial charge in [0, 0.05) is 19.6 Å². The predicted octanol–water partition coefficient (Wildman–Crippen LogP) is 3.17. The first-order chi connectivity index (χ1) is 13.8. The molecule has 6 nitrogen and oxygen atoms in total. The maximum atomic E-state index is 12.9. The van der Waals surface area contributed by atoms with Crippen molar-refractivity contribution in [3.8, 4) is 0 Å². The number of amides is 1. The summed E-state index contributed by atoms with van der Waals surface area (Å²) in [5.41, 5.74) is 1.87. The number of carbonyl (C=O) groups is 1. The Kier molecular flexibility index (Phi) is 6.37. The van der Waals surface area contributed by atoms with Crippen LogP contribution in [0.4, 0.5) is 0 Å². The number of carbonyl (C=O) groups excluding carboxylic acids is 1. The quantitative estimate of drug-likeness (QED) is 0.798. The van der Waals surface area contributed by atoms with E-state index < -0.39 is 0 Å². The highest BCUT2D eigenvalue weighted by Gasteiger charge is 2.24. The molecule has 6 heteroatoms. The zero-order valence-corrected chi connectivity index (χ0v) is 16.7. The highest BCUT2D eigenvalue weighted by molar-refractivity contribution is 5.91. The van der Waals surface area contributed by atoms with Crippen LogP contribution in [-0.2, 0) is 6.54 Å². The van der Waals surface area contributed by atoms with E-state index in [4.69, 9.17) is 0 Å². The standard InChI is InChI=1S/C22H31N5O/c28-22(21-18-27(24-23-21)17-16-25-12-5-2-6-13-25)26-14-7-10-20(11-15-26)19-8-3-1-4-9-19/h1,3-4,8-9,18,20H,2,5-7,10-17H2/t20-/m0/s1. The molecule has 3 heterocycles. The van der Waals surface area contributed by atoms with Crippen LogP contribution in [0.25, 0.3) is 0 Å². The molecule has 4 rings (SSSR count). The van der Waals surface area contributed by atoms with Crippen molar-refractivity contribution in [2.24, 2.45) is 0 Å². The second kappa shape index (κ2) is 9.32. The number of aromatic nitrogens is 3. The van der Waals surface area contributed by atoms with E-state index in [0.717, 1.165) is 45.4 Å². The van der Waals surface area contributed by atoms with Crippen LogP contribution in [0, 0.1) is 0 Å². The second-order valence-electron chi connectivity index (χ2n) is 8.10. The Hall–Kier alpha value is -2.21. The smallest absolute Gasteiger partial charge is 0.276 e. The van der Waals surface area contributed by atoms with Gasteiger partial charge in [-0.1, -0.05) is 42.0 Å². The molecule has 2 saturated heterocycles. The Balaban J connectivity index is 1.31. The third-order valence-corrected chi connectivity index (χ3v) is 6.14. The number of nitrogens with zero attached hydrogens (tertiary/aromatic N) is 5. The van der Waals surface area contributed by atoms with Crippen molar-refractivity contribution in [1.29, 1.82) is 0 Å². The first-order valence-corrected chi connectivity index (χ1v) is 10.8. The number of hydrogen-bond donors (Lipinski definition) is 0. The molecule has 2 aliphatic heterocycles. The van der Waals surface area contributed by atoms with Crippen LogP contribution in [0.15, 0.2) is 36.5 Å².